The number of hydrogen-bond donors (Lipinski definition) is 1. The van der Waals surface area contributed by atoms with Gasteiger partial charge in [-0.1, -0.05) is 0 Å². The Kier molecular flexibility index (Phi) is 2.15. The van der Waals surface area contributed by atoms with Gasteiger partial charge in [0, 0.05) is 11.7 Å². The van der Waals surface area contributed by atoms with Gasteiger partial charge in [0.15, 0.2) is 0 Å². The maximum absolute atomic E-state index is 4.32. The lowest BCUT2D eigenvalue weighted by Gasteiger charge is -2.19. The second-order valence-corrected chi connectivity index (χ2v) is 6.27. The Morgan fingerprint density at radius 3 is 2.65 bits per heavy atom. The van der Waals surface area contributed by atoms with Crippen LogP contribution >= 0.6 is 11.3 Å². The van der Waals surface area contributed by atoms with Gasteiger partial charge in [0.1, 0.15) is 0 Å². The number of fused-ring (bicyclic) bond motifs is 1. The fourth-order valence-corrected chi connectivity index (χ4v) is 3.38. The summed E-state index contributed by atoms with van der Waals surface area (Å²) in [5.41, 5.74) is 4.33. The third-order valence-corrected chi connectivity index (χ3v) is 4.72. The first-order valence-corrected chi connectivity index (χ1v) is 7.38. The smallest absolute Gasteiger partial charge is 0.0813 e. The fourth-order valence-electron chi connectivity index (χ4n) is 2.67. The minimum atomic E-state index is 0.736. The maximum atomic E-state index is 4.32. The van der Waals surface area contributed by atoms with Crippen LogP contribution in [0.15, 0.2) is 23.7 Å². The number of benzene rings is 1. The van der Waals surface area contributed by atoms with E-state index < -0.39 is 0 Å². The summed E-state index contributed by atoms with van der Waals surface area (Å²) < 4.78 is 1.29. The number of nitrogens with one attached hydrogen (secondary N) is 1. The molecule has 2 aliphatic rings. The van der Waals surface area contributed by atoms with Crippen molar-refractivity contribution < 1.29 is 0 Å². The molecule has 0 amide bonds. The Hall–Kier alpha value is -1.09. The fraction of sp³-hybridized carbons (Fsp3) is 0.500. The first kappa shape index (κ1) is 9.89. The maximum Gasteiger partial charge on any atom is 0.0813 e. The summed E-state index contributed by atoms with van der Waals surface area (Å²) in [4.78, 5) is 4.32. The zero-order chi connectivity index (χ0) is 11.2. The van der Waals surface area contributed by atoms with Crippen LogP contribution in [0.3, 0.4) is 0 Å². The van der Waals surface area contributed by atoms with Crippen molar-refractivity contribution in [3.8, 4) is 0 Å². The summed E-state index contributed by atoms with van der Waals surface area (Å²) in [7, 11) is 0. The Labute approximate surface area is 105 Å². The highest BCUT2D eigenvalue weighted by molar-refractivity contribution is 7.16. The predicted octanol–water partition coefficient (Wildman–Crippen LogP) is 3.90. The molecule has 1 aromatic heterocycles. The van der Waals surface area contributed by atoms with E-state index >= 15 is 0 Å². The molecule has 2 fully saturated rings. The molecule has 2 aromatic rings. The molecular weight excluding hydrogens is 228 g/mol. The summed E-state index contributed by atoms with van der Waals surface area (Å²) in [6.07, 6.45) is 5.71. The molecule has 4 rings (SSSR count). The summed E-state index contributed by atoms with van der Waals surface area (Å²) in [6, 6.07) is 7.30. The van der Waals surface area contributed by atoms with Crippen LogP contribution in [-0.2, 0) is 0 Å². The Morgan fingerprint density at radius 1 is 1.18 bits per heavy atom. The van der Waals surface area contributed by atoms with E-state index in [0.717, 1.165) is 23.4 Å². The second kappa shape index (κ2) is 3.70. The number of thiazole rings is 1. The standard InChI is InChI=1S/C14H16N2S/c1-2-9(1)14(10-3-4-10)16-11-5-6-12-13(7-11)17-8-15-12/h5-10,14,16H,1-4H2. The van der Waals surface area contributed by atoms with Gasteiger partial charge in [0.2, 0.25) is 0 Å². The molecule has 0 radical (unpaired) electrons. The lowest BCUT2D eigenvalue weighted by molar-refractivity contribution is 0.568. The Balaban J connectivity index is 1.59. The number of rotatable bonds is 4. The van der Waals surface area contributed by atoms with Crippen molar-refractivity contribution in [2.24, 2.45) is 11.8 Å². The van der Waals surface area contributed by atoms with Gasteiger partial charge in [-0.25, -0.2) is 4.98 Å². The van der Waals surface area contributed by atoms with Crippen LogP contribution in [0.5, 0.6) is 0 Å². The molecule has 2 saturated carbocycles. The largest absolute Gasteiger partial charge is 0.382 e. The van der Waals surface area contributed by atoms with Crippen molar-refractivity contribution in [1.29, 1.82) is 0 Å². The molecule has 3 heteroatoms. The molecule has 1 heterocycles. The van der Waals surface area contributed by atoms with Crippen molar-refractivity contribution in [3.05, 3.63) is 23.7 Å². The molecule has 2 aliphatic carbocycles. The molecule has 0 saturated heterocycles. The SMILES string of the molecule is c1nc2ccc(NC(C3CC3)C3CC3)cc2s1. The molecule has 17 heavy (non-hydrogen) atoms. The van der Waals surface area contributed by atoms with Crippen LogP contribution < -0.4 is 5.32 Å². The number of hydrogen-bond acceptors (Lipinski definition) is 3. The van der Waals surface area contributed by atoms with E-state index in [4.69, 9.17) is 0 Å². The lowest BCUT2D eigenvalue weighted by Crippen LogP contribution is -2.24. The van der Waals surface area contributed by atoms with E-state index in [9.17, 15) is 0 Å². The van der Waals surface area contributed by atoms with E-state index in [0.29, 0.717) is 0 Å². The minimum absolute atomic E-state index is 0.736. The third-order valence-electron chi connectivity index (χ3n) is 3.92. The van der Waals surface area contributed by atoms with Gasteiger partial charge >= 0.3 is 0 Å². The van der Waals surface area contributed by atoms with Crippen LogP contribution in [0.25, 0.3) is 10.2 Å². The average Bonchev–Trinajstić information content (AvgIpc) is 3.24. The van der Waals surface area contributed by atoms with Crippen LogP contribution in [-0.4, -0.2) is 11.0 Å². The topological polar surface area (TPSA) is 24.9 Å². The van der Waals surface area contributed by atoms with Crippen LogP contribution in [0.1, 0.15) is 25.7 Å². The summed E-state index contributed by atoms with van der Waals surface area (Å²) >= 11 is 1.73. The van der Waals surface area contributed by atoms with Crippen molar-refractivity contribution >= 4 is 27.2 Å². The van der Waals surface area contributed by atoms with Crippen LogP contribution in [0, 0.1) is 11.8 Å². The van der Waals surface area contributed by atoms with E-state index in [-0.39, 0.29) is 0 Å². The molecule has 1 N–H and O–H groups in total. The van der Waals surface area contributed by atoms with E-state index in [1.54, 1.807) is 11.3 Å². The molecule has 0 aliphatic heterocycles. The van der Waals surface area contributed by atoms with Crippen molar-refractivity contribution in [3.63, 3.8) is 0 Å². The van der Waals surface area contributed by atoms with Gasteiger partial charge < -0.3 is 5.32 Å². The molecular formula is C14H16N2S. The van der Waals surface area contributed by atoms with Gasteiger partial charge in [-0.3, -0.25) is 0 Å². The normalized spacial score (nSPS) is 20.1. The van der Waals surface area contributed by atoms with Gasteiger partial charge in [-0.05, 0) is 55.7 Å². The van der Waals surface area contributed by atoms with Crippen molar-refractivity contribution in [2.45, 2.75) is 31.7 Å². The third kappa shape index (κ3) is 1.93. The summed E-state index contributed by atoms with van der Waals surface area (Å²) in [6.45, 7) is 0. The molecule has 0 unspecified atom stereocenters. The van der Waals surface area contributed by atoms with Gasteiger partial charge in [-0.15, -0.1) is 11.3 Å². The van der Waals surface area contributed by atoms with Gasteiger partial charge in [-0.2, -0.15) is 0 Å². The predicted molar refractivity (Wildman–Crippen MR) is 72.5 cm³/mol. The monoisotopic (exact) mass is 244 g/mol. The Bertz CT molecular complexity index is 528. The van der Waals surface area contributed by atoms with Crippen LogP contribution in [0.2, 0.25) is 0 Å². The minimum Gasteiger partial charge on any atom is -0.382 e. The highest BCUT2D eigenvalue weighted by Gasteiger charge is 2.41. The molecule has 88 valence electrons. The van der Waals surface area contributed by atoms with E-state index in [1.165, 1.54) is 36.1 Å². The zero-order valence-corrected chi connectivity index (χ0v) is 10.5. The number of aromatic nitrogens is 1. The molecule has 0 bridgehead atoms. The first-order chi connectivity index (χ1) is 8.40. The highest BCUT2D eigenvalue weighted by atomic mass is 32.1. The van der Waals surface area contributed by atoms with Crippen molar-refractivity contribution in [1.82, 2.24) is 4.98 Å². The summed E-state index contributed by atoms with van der Waals surface area (Å²) in [5, 5.41) is 3.76. The quantitative estimate of drug-likeness (QED) is 0.882. The number of anilines is 1. The second-order valence-electron chi connectivity index (χ2n) is 5.38. The molecule has 0 spiro atoms. The van der Waals surface area contributed by atoms with E-state index in [1.807, 2.05) is 5.51 Å². The molecule has 1 aromatic carbocycles. The Morgan fingerprint density at radius 2 is 1.94 bits per heavy atom. The van der Waals surface area contributed by atoms with Crippen LogP contribution in [0.4, 0.5) is 5.69 Å². The molecule has 0 atom stereocenters. The molecule has 2 nitrogen and oxygen atoms in total. The lowest BCUT2D eigenvalue weighted by atomic mass is 10.1. The van der Waals surface area contributed by atoms with Gasteiger partial charge in [0.05, 0.1) is 15.7 Å². The van der Waals surface area contributed by atoms with Crippen molar-refractivity contribution in [2.75, 3.05) is 5.32 Å². The highest BCUT2D eigenvalue weighted by Crippen LogP contribution is 2.46. The van der Waals surface area contributed by atoms with Gasteiger partial charge in [0.25, 0.3) is 0 Å². The average molecular weight is 244 g/mol. The zero-order valence-electron chi connectivity index (χ0n) is 9.73. The first-order valence-electron chi connectivity index (χ1n) is 6.50. The summed E-state index contributed by atoms with van der Waals surface area (Å²) in [5.74, 6) is 1.89. The number of nitrogens with zero attached hydrogens (tertiary/aromatic N) is 1. The van der Waals surface area contributed by atoms with E-state index in [2.05, 4.69) is 28.5 Å².